The van der Waals surface area contributed by atoms with E-state index < -0.39 is 5.60 Å². The summed E-state index contributed by atoms with van der Waals surface area (Å²) < 4.78 is 0. The smallest absolute Gasteiger partial charge is 0.244 e. The van der Waals surface area contributed by atoms with Gasteiger partial charge in [0.25, 0.3) is 0 Å². The van der Waals surface area contributed by atoms with Crippen molar-refractivity contribution in [1.29, 1.82) is 0 Å². The summed E-state index contributed by atoms with van der Waals surface area (Å²) in [6, 6.07) is 7.28. The van der Waals surface area contributed by atoms with Crippen molar-refractivity contribution in [3.05, 3.63) is 40.9 Å². The fraction of sp³-hybridized carbons (Fsp3) is 0.400. The van der Waals surface area contributed by atoms with Crippen molar-refractivity contribution in [2.75, 3.05) is 27.2 Å². The second-order valence-corrected chi connectivity index (χ2v) is 5.71. The third-order valence-corrected chi connectivity index (χ3v) is 2.96. The molecule has 0 spiro atoms. The van der Waals surface area contributed by atoms with Gasteiger partial charge in [-0.3, -0.25) is 4.79 Å². The fourth-order valence-electron chi connectivity index (χ4n) is 1.85. The number of carbonyl (C=O) groups excluding carboxylic acids is 1. The topological polar surface area (TPSA) is 52.6 Å². The lowest BCUT2D eigenvalue weighted by Gasteiger charge is -2.26. The van der Waals surface area contributed by atoms with Crippen LogP contribution >= 0.6 is 11.6 Å². The molecular weight excluding hydrogens is 276 g/mol. The Morgan fingerprint density at radius 1 is 1.45 bits per heavy atom. The van der Waals surface area contributed by atoms with Crippen molar-refractivity contribution in [2.45, 2.75) is 12.5 Å². The lowest BCUT2D eigenvalue weighted by atomic mass is 10.1. The van der Waals surface area contributed by atoms with E-state index in [1.165, 1.54) is 6.08 Å². The van der Waals surface area contributed by atoms with Gasteiger partial charge in [0.2, 0.25) is 5.91 Å². The van der Waals surface area contributed by atoms with Gasteiger partial charge in [0, 0.05) is 24.2 Å². The molecule has 20 heavy (non-hydrogen) atoms. The van der Waals surface area contributed by atoms with Crippen LogP contribution in [-0.4, -0.2) is 48.7 Å². The summed E-state index contributed by atoms with van der Waals surface area (Å²) in [6.07, 6.45) is 3.06. The van der Waals surface area contributed by atoms with Crippen molar-refractivity contribution in [3.8, 4) is 0 Å². The highest BCUT2D eigenvalue weighted by Gasteiger charge is 2.21. The molecule has 0 aliphatic rings. The minimum Gasteiger partial charge on any atom is -0.387 e. The van der Waals surface area contributed by atoms with Crippen molar-refractivity contribution < 1.29 is 9.90 Å². The number of benzene rings is 1. The maximum atomic E-state index is 11.7. The maximum absolute atomic E-state index is 11.7. The minimum absolute atomic E-state index is 0.191. The average molecular weight is 297 g/mol. The molecule has 1 unspecified atom stereocenters. The zero-order chi connectivity index (χ0) is 15.2. The quantitative estimate of drug-likeness (QED) is 0.787. The SMILES string of the molecule is CN(C)CC(C)(O)CNC(=O)/C=C/c1ccccc1Cl. The second kappa shape index (κ2) is 7.43. The molecule has 0 saturated heterocycles. The molecule has 1 rings (SSSR count). The summed E-state index contributed by atoms with van der Waals surface area (Å²) in [5.41, 5.74) is -0.179. The summed E-state index contributed by atoms with van der Waals surface area (Å²) in [7, 11) is 3.74. The Kier molecular flexibility index (Phi) is 6.20. The van der Waals surface area contributed by atoms with Crippen LogP contribution in [0.15, 0.2) is 30.3 Å². The number of hydrogen-bond donors (Lipinski definition) is 2. The molecule has 0 saturated carbocycles. The highest BCUT2D eigenvalue weighted by molar-refractivity contribution is 6.32. The summed E-state index contributed by atoms with van der Waals surface area (Å²) >= 11 is 5.99. The van der Waals surface area contributed by atoms with E-state index in [2.05, 4.69) is 5.32 Å². The van der Waals surface area contributed by atoms with Gasteiger partial charge < -0.3 is 15.3 Å². The first-order valence-corrected chi connectivity index (χ1v) is 6.75. The van der Waals surface area contributed by atoms with E-state index >= 15 is 0 Å². The van der Waals surface area contributed by atoms with Crippen LogP contribution in [-0.2, 0) is 4.79 Å². The third-order valence-electron chi connectivity index (χ3n) is 2.62. The van der Waals surface area contributed by atoms with Gasteiger partial charge in [-0.05, 0) is 38.7 Å². The van der Waals surface area contributed by atoms with Crippen LogP contribution in [0.1, 0.15) is 12.5 Å². The Bertz CT molecular complexity index is 485. The largest absolute Gasteiger partial charge is 0.387 e. The van der Waals surface area contributed by atoms with Crippen LogP contribution in [0.2, 0.25) is 5.02 Å². The van der Waals surface area contributed by atoms with Crippen LogP contribution in [0.5, 0.6) is 0 Å². The maximum Gasteiger partial charge on any atom is 0.244 e. The molecule has 0 radical (unpaired) electrons. The Hall–Kier alpha value is -1.36. The summed E-state index contributed by atoms with van der Waals surface area (Å²) in [5, 5.41) is 13.3. The van der Waals surface area contributed by atoms with Crippen molar-refractivity contribution in [1.82, 2.24) is 10.2 Å². The van der Waals surface area contributed by atoms with Gasteiger partial charge in [0.1, 0.15) is 0 Å². The molecule has 1 amide bonds. The van der Waals surface area contributed by atoms with Gasteiger partial charge in [-0.2, -0.15) is 0 Å². The number of rotatable bonds is 6. The van der Waals surface area contributed by atoms with E-state index in [1.807, 2.05) is 37.2 Å². The monoisotopic (exact) mass is 296 g/mol. The van der Waals surface area contributed by atoms with Gasteiger partial charge in [0.15, 0.2) is 0 Å². The van der Waals surface area contributed by atoms with E-state index in [1.54, 1.807) is 19.1 Å². The number of aliphatic hydroxyl groups is 1. The van der Waals surface area contributed by atoms with Crippen LogP contribution in [0.25, 0.3) is 6.08 Å². The number of carbonyl (C=O) groups is 1. The molecule has 0 aromatic heterocycles. The van der Waals surface area contributed by atoms with E-state index in [9.17, 15) is 9.90 Å². The zero-order valence-corrected chi connectivity index (χ0v) is 12.8. The van der Waals surface area contributed by atoms with Gasteiger partial charge in [-0.15, -0.1) is 0 Å². The number of nitrogens with one attached hydrogen (secondary N) is 1. The summed E-state index contributed by atoms with van der Waals surface area (Å²) in [6.45, 7) is 2.35. The standard InChI is InChI=1S/C15H21ClN2O2/c1-15(20,11-18(2)3)10-17-14(19)9-8-12-6-4-5-7-13(12)16/h4-9,20H,10-11H2,1-3H3,(H,17,19)/b9-8+. The number of halogens is 1. The first-order valence-electron chi connectivity index (χ1n) is 6.38. The molecule has 0 aliphatic heterocycles. The molecule has 1 atom stereocenters. The van der Waals surface area contributed by atoms with Crippen molar-refractivity contribution in [3.63, 3.8) is 0 Å². The molecule has 1 aromatic carbocycles. The zero-order valence-electron chi connectivity index (χ0n) is 12.1. The van der Waals surface area contributed by atoms with E-state index in [4.69, 9.17) is 11.6 Å². The second-order valence-electron chi connectivity index (χ2n) is 5.31. The van der Waals surface area contributed by atoms with Gasteiger partial charge in [-0.1, -0.05) is 29.8 Å². The summed E-state index contributed by atoms with van der Waals surface area (Å²) in [5.74, 6) is -0.260. The molecular formula is C15H21ClN2O2. The predicted octanol–water partition coefficient (Wildman–Crippen LogP) is 1.78. The number of likely N-dealkylation sites (N-methyl/N-ethyl adjacent to an activating group) is 1. The molecule has 5 heteroatoms. The van der Waals surface area contributed by atoms with Crippen LogP contribution in [0.4, 0.5) is 0 Å². The third kappa shape index (κ3) is 6.19. The average Bonchev–Trinajstić information content (AvgIpc) is 2.34. The van der Waals surface area contributed by atoms with E-state index in [-0.39, 0.29) is 12.5 Å². The van der Waals surface area contributed by atoms with Crippen LogP contribution in [0.3, 0.4) is 0 Å². The molecule has 1 aromatic rings. The number of hydrogen-bond acceptors (Lipinski definition) is 3. The van der Waals surface area contributed by atoms with E-state index in [0.29, 0.717) is 11.6 Å². The predicted molar refractivity (Wildman–Crippen MR) is 82.7 cm³/mol. The molecule has 110 valence electrons. The Labute approximate surface area is 125 Å². The molecule has 2 N–H and O–H groups in total. The summed E-state index contributed by atoms with van der Waals surface area (Å²) in [4.78, 5) is 13.6. The normalized spacial score (nSPS) is 14.5. The van der Waals surface area contributed by atoms with Crippen molar-refractivity contribution >= 4 is 23.6 Å². The molecule has 0 heterocycles. The van der Waals surface area contributed by atoms with E-state index in [0.717, 1.165) is 5.56 Å². The van der Waals surface area contributed by atoms with Gasteiger partial charge in [0.05, 0.1) is 5.60 Å². The van der Waals surface area contributed by atoms with Crippen LogP contribution < -0.4 is 5.32 Å². The Balaban J connectivity index is 2.50. The lowest BCUT2D eigenvalue weighted by molar-refractivity contribution is -0.117. The molecule has 4 nitrogen and oxygen atoms in total. The highest BCUT2D eigenvalue weighted by Crippen LogP contribution is 2.16. The number of amides is 1. The fourth-order valence-corrected chi connectivity index (χ4v) is 2.05. The first kappa shape index (κ1) is 16.7. The molecule has 0 bridgehead atoms. The highest BCUT2D eigenvalue weighted by atomic mass is 35.5. The Morgan fingerprint density at radius 3 is 2.70 bits per heavy atom. The van der Waals surface area contributed by atoms with Crippen molar-refractivity contribution in [2.24, 2.45) is 0 Å². The lowest BCUT2D eigenvalue weighted by Crippen LogP contribution is -2.46. The Morgan fingerprint density at radius 2 is 2.10 bits per heavy atom. The van der Waals surface area contributed by atoms with Gasteiger partial charge in [-0.25, -0.2) is 0 Å². The minimum atomic E-state index is -0.961. The molecule has 0 fully saturated rings. The molecule has 0 aliphatic carbocycles. The van der Waals surface area contributed by atoms with Crippen LogP contribution in [0, 0.1) is 0 Å². The number of nitrogens with zero attached hydrogens (tertiary/aromatic N) is 1. The first-order chi connectivity index (χ1) is 9.30. The van der Waals surface area contributed by atoms with Gasteiger partial charge >= 0.3 is 0 Å².